The van der Waals surface area contributed by atoms with E-state index in [4.69, 9.17) is 5.26 Å². The summed E-state index contributed by atoms with van der Waals surface area (Å²) in [4.78, 5) is 10.8. The number of rotatable bonds is 5. The zero-order chi connectivity index (χ0) is 12.8. The van der Waals surface area contributed by atoms with Crippen LogP contribution in [0, 0.1) is 11.3 Å². The Kier molecular flexibility index (Phi) is 5.77. The molecule has 0 radical (unpaired) electrons. The minimum absolute atomic E-state index is 0.0283. The summed E-state index contributed by atoms with van der Waals surface area (Å²) in [5.41, 5.74) is 0. The van der Waals surface area contributed by atoms with Gasteiger partial charge in [-0.1, -0.05) is 0 Å². The molecular formula is C8H15N3O4S. The third kappa shape index (κ3) is 4.46. The molecule has 0 saturated carbocycles. The number of nitrogens with zero attached hydrogens (tertiary/aromatic N) is 2. The van der Waals surface area contributed by atoms with Crippen molar-refractivity contribution in [2.45, 2.75) is 26.3 Å². The summed E-state index contributed by atoms with van der Waals surface area (Å²) < 4.78 is 30.2. The van der Waals surface area contributed by atoms with E-state index in [1.165, 1.54) is 0 Å². The van der Waals surface area contributed by atoms with E-state index in [2.05, 4.69) is 4.74 Å². The van der Waals surface area contributed by atoms with E-state index in [0.29, 0.717) is 0 Å². The lowest BCUT2D eigenvalue weighted by Gasteiger charge is -2.24. The Bertz CT molecular complexity index is 371. The van der Waals surface area contributed by atoms with Crippen LogP contribution < -0.4 is 4.72 Å². The molecule has 0 aromatic rings. The molecule has 0 bridgehead atoms. The maximum Gasteiger partial charge on any atom is 0.421 e. The Balaban J connectivity index is 4.77. The van der Waals surface area contributed by atoms with Gasteiger partial charge >= 0.3 is 16.3 Å². The predicted octanol–water partition coefficient (Wildman–Crippen LogP) is 0.211. The highest BCUT2D eigenvalue weighted by molar-refractivity contribution is 7.87. The second kappa shape index (κ2) is 6.30. The van der Waals surface area contributed by atoms with Crippen LogP contribution in [0.3, 0.4) is 0 Å². The van der Waals surface area contributed by atoms with Gasteiger partial charge in [0.15, 0.2) is 0 Å². The molecular weight excluding hydrogens is 234 g/mol. The number of hydrogen-bond donors (Lipinski definition) is 1. The van der Waals surface area contributed by atoms with Gasteiger partial charge in [-0.3, -0.25) is 0 Å². The van der Waals surface area contributed by atoms with E-state index >= 15 is 0 Å². The molecule has 0 aromatic heterocycles. The van der Waals surface area contributed by atoms with Gasteiger partial charge in [0, 0.05) is 19.0 Å². The van der Waals surface area contributed by atoms with E-state index in [9.17, 15) is 13.2 Å². The summed E-state index contributed by atoms with van der Waals surface area (Å²) >= 11 is 0. The van der Waals surface area contributed by atoms with Crippen LogP contribution in [0.4, 0.5) is 4.79 Å². The Morgan fingerprint density at radius 3 is 2.50 bits per heavy atom. The molecule has 0 atom stereocenters. The first-order valence-corrected chi connectivity index (χ1v) is 6.03. The number of ether oxygens (including phenoxy) is 1. The van der Waals surface area contributed by atoms with Gasteiger partial charge in [0.1, 0.15) is 0 Å². The molecule has 0 aliphatic rings. The zero-order valence-corrected chi connectivity index (χ0v) is 10.2. The molecule has 0 aliphatic heterocycles. The Hall–Kier alpha value is -1.33. The van der Waals surface area contributed by atoms with Crippen molar-refractivity contribution < 1.29 is 17.9 Å². The lowest BCUT2D eigenvalue weighted by Crippen LogP contribution is -2.47. The van der Waals surface area contributed by atoms with Crippen LogP contribution in [-0.4, -0.2) is 38.5 Å². The van der Waals surface area contributed by atoms with Crippen LogP contribution in [0.15, 0.2) is 0 Å². The highest BCUT2D eigenvalue weighted by Gasteiger charge is 2.26. The minimum Gasteiger partial charge on any atom is -0.452 e. The van der Waals surface area contributed by atoms with Crippen molar-refractivity contribution in [3.8, 4) is 6.07 Å². The van der Waals surface area contributed by atoms with Gasteiger partial charge in [-0.15, -0.1) is 0 Å². The standard InChI is InChI=1S/C8H15N3O4S/c1-7(2)11(6-4-5-9)16(13,14)10-8(12)15-3/h7H,4,6H2,1-3H3,(H,10,12). The molecule has 8 heteroatoms. The Labute approximate surface area is 95.2 Å². The van der Waals surface area contributed by atoms with Gasteiger partial charge in [0.25, 0.3) is 0 Å². The van der Waals surface area contributed by atoms with Crippen molar-refractivity contribution >= 4 is 16.3 Å². The number of nitrogens with one attached hydrogen (secondary N) is 1. The minimum atomic E-state index is -3.95. The van der Waals surface area contributed by atoms with Gasteiger partial charge in [-0.05, 0) is 13.8 Å². The normalized spacial score (nSPS) is 11.2. The number of nitriles is 1. The Morgan fingerprint density at radius 2 is 2.12 bits per heavy atom. The third-order valence-corrected chi connectivity index (χ3v) is 3.37. The molecule has 1 amide bonds. The molecule has 7 nitrogen and oxygen atoms in total. The fourth-order valence-electron chi connectivity index (χ4n) is 1.02. The molecule has 92 valence electrons. The summed E-state index contributed by atoms with van der Waals surface area (Å²) in [6.45, 7) is 3.32. The van der Waals surface area contributed by atoms with E-state index < -0.39 is 16.3 Å². The topological polar surface area (TPSA) is 99.5 Å². The van der Waals surface area contributed by atoms with Crippen molar-refractivity contribution in [1.29, 1.82) is 5.26 Å². The average Bonchev–Trinajstić information content (AvgIpc) is 2.16. The van der Waals surface area contributed by atoms with Crippen molar-refractivity contribution in [1.82, 2.24) is 9.03 Å². The maximum absolute atomic E-state index is 11.7. The highest BCUT2D eigenvalue weighted by Crippen LogP contribution is 2.06. The molecule has 0 aromatic carbocycles. The number of methoxy groups -OCH3 is 1. The molecule has 1 N–H and O–H groups in total. The quantitative estimate of drug-likeness (QED) is 0.750. The zero-order valence-electron chi connectivity index (χ0n) is 9.43. The smallest absolute Gasteiger partial charge is 0.421 e. The van der Waals surface area contributed by atoms with Crippen molar-refractivity contribution in [3.05, 3.63) is 0 Å². The van der Waals surface area contributed by atoms with Gasteiger partial charge in [0.05, 0.1) is 13.2 Å². The lowest BCUT2D eigenvalue weighted by molar-refractivity contribution is 0.176. The SMILES string of the molecule is COC(=O)NS(=O)(=O)N(CCC#N)C(C)C. The molecule has 0 spiro atoms. The van der Waals surface area contributed by atoms with Gasteiger partial charge in [0.2, 0.25) is 0 Å². The first-order chi connectivity index (χ1) is 7.35. The summed E-state index contributed by atoms with van der Waals surface area (Å²) in [5.74, 6) is 0. The number of carbonyl (C=O) groups excluding carboxylic acids is 1. The molecule has 0 heterocycles. The third-order valence-electron chi connectivity index (χ3n) is 1.73. The molecule has 0 aliphatic carbocycles. The largest absolute Gasteiger partial charge is 0.452 e. The van der Waals surface area contributed by atoms with Gasteiger partial charge < -0.3 is 4.74 Å². The number of hydrogen-bond acceptors (Lipinski definition) is 5. The van der Waals surface area contributed by atoms with Gasteiger partial charge in [-0.25, -0.2) is 9.52 Å². The van der Waals surface area contributed by atoms with Crippen LogP contribution >= 0.6 is 0 Å². The molecule has 16 heavy (non-hydrogen) atoms. The number of amides is 1. The van der Waals surface area contributed by atoms with Crippen LogP contribution in [0.1, 0.15) is 20.3 Å². The molecule has 0 unspecified atom stereocenters. The first-order valence-electron chi connectivity index (χ1n) is 4.59. The second-order valence-electron chi connectivity index (χ2n) is 3.21. The highest BCUT2D eigenvalue weighted by atomic mass is 32.2. The summed E-state index contributed by atoms with van der Waals surface area (Å²) in [6, 6.07) is 1.49. The van der Waals surface area contributed by atoms with Crippen molar-refractivity contribution in [3.63, 3.8) is 0 Å². The van der Waals surface area contributed by atoms with E-state index in [1.54, 1.807) is 18.6 Å². The van der Waals surface area contributed by atoms with Crippen molar-refractivity contribution in [2.24, 2.45) is 0 Å². The molecule has 0 rings (SSSR count). The second-order valence-corrected chi connectivity index (χ2v) is 4.83. The average molecular weight is 249 g/mol. The summed E-state index contributed by atoms with van der Waals surface area (Å²) in [7, 11) is -2.88. The number of carbonyl (C=O) groups is 1. The van der Waals surface area contributed by atoms with Crippen LogP contribution in [0.5, 0.6) is 0 Å². The van der Waals surface area contributed by atoms with Crippen LogP contribution in [-0.2, 0) is 14.9 Å². The van der Waals surface area contributed by atoms with E-state index in [-0.39, 0.29) is 19.0 Å². The maximum atomic E-state index is 11.7. The lowest BCUT2D eigenvalue weighted by atomic mass is 10.3. The fraction of sp³-hybridized carbons (Fsp3) is 0.750. The van der Waals surface area contributed by atoms with E-state index in [1.807, 2.05) is 6.07 Å². The Morgan fingerprint density at radius 1 is 1.56 bits per heavy atom. The van der Waals surface area contributed by atoms with E-state index in [0.717, 1.165) is 11.4 Å². The van der Waals surface area contributed by atoms with Crippen LogP contribution in [0.2, 0.25) is 0 Å². The molecule has 0 fully saturated rings. The van der Waals surface area contributed by atoms with Crippen molar-refractivity contribution in [2.75, 3.05) is 13.7 Å². The first kappa shape index (κ1) is 14.7. The molecule has 0 saturated heterocycles. The summed E-state index contributed by atoms with van der Waals surface area (Å²) in [5, 5.41) is 8.41. The summed E-state index contributed by atoms with van der Waals surface area (Å²) in [6.07, 6.45) is -0.997. The van der Waals surface area contributed by atoms with Crippen LogP contribution in [0.25, 0.3) is 0 Å². The monoisotopic (exact) mass is 249 g/mol. The van der Waals surface area contributed by atoms with Gasteiger partial charge in [-0.2, -0.15) is 18.0 Å². The fourth-order valence-corrected chi connectivity index (χ4v) is 2.32. The predicted molar refractivity (Wildman–Crippen MR) is 56.5 cm³/mol.